The van der Waals surface area contributed by atoms with Gasteiger partial charge in [-0.25, -0.2) is 9.37 Å². The minimum atomic E-state index is -0.484. The molecule has 150 valence electrons. The van der Waals surface area contributed by atoms with Crippen molar-refractivity contribution in [2.24, 2.45) is 0 Å². The van der Waals surface area contributed by atoms with Gasteiger partial charge in [-0.1, -0.05) is 42.1 Å². The van der Waals surface area contributed by atoms with Crippen molar-refractivity contribution in [3.63, 3.8) is 0 Å². The summed E-state index contributed by atoms with van der Waals surface area (Å²) >= 11 is 1.22. The molecule has 0 fully saturated rings. The number of fused-ring (bicyclic) bond motifs is 1. The van der Waals surface area contributed by atoms with E-state index in [1.54, 1.807) is 43.3 Å². The number of nitrogens with zero attached hydrogens (tertiary/aromatic N) is 2. The number of rotatable bonds is 7. The van der Waals surface area contributed by atoms with Gasteiger partial charge in [-0.2, -0.15) is 0 Å². The Morgan fingerprint density at radius 3 is 2.62 bits per heavy atom. The fourth-order valence-corrected chi connectivity index (χ4v) is 3.83. The molecule has 0 saturated heterocycles. The third-order valence-electron chi connectivity index (χ3n) is 4.52. The fourth-order valence-electron chi connectivity index (χ4n) is 2.90. The first-order chi connectivity index (χ1) is 13.9. The lowest BCUT2D eigenvalue weighted by molar-refractivity contribution is -0.120. The van der Waals surface area contributed by atoms with Gasteiger partial charge in [0.05, 0.1) is 22.2 Å². The van der Waals surface area contributed by atoms with Crippen LogP contribution in [0.4, 0.5) is 4.39 Å². The molecule has 0 saturated carbocycles. The van der Waals surface area contributed by atoms with Crippen LogP contribution in [0.2, 0.25) is 0 Å². The number of carbonyl (C=O) groups excluding carboxylic acids is 1. The Hall–Kier alpha value is -2.93. The molecule has 0 radical (unpaired) electrons. The average Bonchev–Trinajstić information content (AvgIpc) is 2.71. The number of aromatic nitrogens is 2. The van der Waals surface area contributed by atoms with Gasteiger partial charge in [-0.05, 0) is 43.7 Å². The van der Waals surface area contributed by atoms with E-state index in [4.69, 9.17) is 0 Å². The van der Waals surface area contributed by atoms with E-state index in [0.29, 0.717) is 22.6 Å². The standard InChI is InChI=1S/C22H22FN3O2S/c1-4-13-26-21(28)18-7-5-6-8-19(18)25-22(26)29-15(3)20(27)24-14(2)16-9-11-17(23)12-10-16/h4-12,14-15H,1,13H2,2-3H3,(H,24,27). The zero-order valence-electron chi connectivity index (χ0n) is 16.3. The van der Waals surface area contributed by atoms with Crippen molar-refractivity contribution in [3.8, 4) is 0 Å². The molecule has 3 rings (SSSR count). The number of hydrogen-bond donors (Lipinski definition) is 1. The van der Waals surface area contributed by atoms with E-state index in [-0.39, 0.29) is 23.3 Å². The van der Waals surface area contributed by atoms with E-state index in [9.17, 15) is 14.0 Å². The summed E-state index contributed by atoms with van der Waals surface area (Å²) in [5.41, 5.74) is 1.24. The van der Waals surface area contributed by atoms with Crippen LogP contribution in [0.3, 0.4) is 0 Å². The molecular formula is C22H22FN3O2S. The predicted molar refractivity (Wildman–Crippen MR) is 114 cm³/mol. The minimum absolute atomic E-state index is 0.162. The molecule has 7 heteroatoms. The Morgan fingerprint density at radius 1 is 1.24 bits per heavy atom. The lowest BCUT2D eigenvalue weighted by Crippen LogP contribution is -2.34. The van der Waals surface area contributed by atoms with Gasteiger partial charge in [-0.15, -0.1) is 6.58 Å². The monoisotopic (exact) mass is 411 g/mol. The van der Waals surface area contributed by atoms with Crippen LogP contribution in [0.25, 0.3) is 10.9 Å². The SMILES string of the molecule is C=CCn1c(SC(C)C(=O)NC(C)c2ccc(F)cc2)nc2ccccc2c1=O. The molecule has 0 aliphatic carbocycles. The van der Waals surface area contributed by atoms with Crippen LogP contribution in [-0.4, -0.2) is 20.7 Å². The topological polar surface area (TPSA) is 64.0 Å². The smallest absolute Gasteiger partial charge is 0.262 e. The van der Waals surface area contributed by atoms with Gasteiger partial charge in [-0.3, -0.25) is 14.2 Å². The second-order valence-corrected chi connectivity index (χ2v) is 7.97. The number of carbonyl (C=O) groups is 1. The molecule has 1 amide bonds. The van der Waals surface area contributed by atoms with Crippen molar-refractivity contribution in [2.45, 2.75) is 36.8 Å². The van der Waals surface area contributed by atoms with Gasteiger partial charge < -0.3 is 5.32 Å². The Bertz CT molecular complexity index is 1100. The summed E-state index contributed by atoms with van der Waals surface area (Å²) in [4.78, 5) is 30.1. The molecular weight excluding hydrogens is 389 g/mol. The number of halogens is 1. The number of nitrogens with one attached hydrogen (secondary N) is 1. The van der Waals surface area contributed by atoms with Gasteiger partial charge in [0.1, 0.15) is 5.82 Å². The minimum Gasteiger partial charge on any atom is -0.349 e. The quantitative estimate of drug-likeness (QED) is 0.361. The first-order valence-corrected chi connectivity index (χ1v) is 10.1. The zero-order valence-corrected chi connectivity index (χ0v) is 17.1. The number of hydrogen-bond acceptors (Lipinski definition) is 4. The lowest BCUT2D eigenvalue weighted by atomic mass is 10.1. The number of benzene rings is 2. The zero-order chi connectivity index (χ0) is 21.0. The molecule has 1 aromatic heterocycles. The average molecular weight is 412 g/mol. The van der Waals surface area contributed by atoms with E-state index in [1.165, 1.54) is 28.5 Å². The molecule has 0 bridgehead atoms. The third kappa shape index (κ3) is 4.74. The van der Waals surface area contributed by atoms with Gasteiger partial charge in [0.25, 0.3) is 5.56 Å². The highest BCUT2D eigenvalue weighted by Gasteiger charge is 2.21. The molecule has 2 aromatic carbocycles. The van der Waals surface area contributed by atoms with Gasteiger partial charge >= 0.3 is 0 Å². The maximum Gasteiger partial charge on any atom is 0.262 e. The summed E-state index contributed by atoms with van der Waals surface area (Å²) in [7, 11) is 0. The summed E-state index contributed by atoms with van der Waals surface area (Å²) in [6, 6.07) is 12.9. The van der Waals surface area contributed by atoms with E-state index < -0.39 is 5.25 Å². The number of para-hydroxylation sites is 1. The van der Waals surface area contributed by atoms with Crippen LogP contribution in [0.15, 0.2) is 71.1 Å². The summed E-state index contributed by atoms with van der Waals surface area (Å²) < 4.78 is 14.6. The molecule has 0 aliphatic rings. The van der Waals surface area contributed by atoms with Crippen LogP contribution >= 0.6 is 11.8 Å². The molecule has 2 atom stereocenters. The molecule has 1 heterocycles. The molecule has 2 unspecified atom stereocenters. The van der Waals surface area contributed by atoms with Gasteiger partial charge in [0.15, 0.2) is 5.16 Å². The van der Waals surface area contributed by atoms with Crippen LogP contribution in [-0.2, 0) is 11.3 Å². The summed E-state index contributed by atoms with van der Waals surface area (Å²) in [5.74, 6) is -0.516. The predicted octanol–water partition coefficient (Wildman–Crippen LogP) is 4.08. The van der Waals surface area contributed by atoms with E-state index >= 15 is 0 Å². The Kier molecular flexibility index (Phi) is 6.49. The van der Waals surface area contributed by atoms with Crippen LogP contribution < -0.4 is 10.9 Å². The molecule has 29 heavy (non-hydrogen) atoms. The van der Waals surface area contributed by atoms with E-state index in [2.05, 4.69) is 16.9 Å². The van der Waals surface area contributed by atoms with E-state index in [0.717, 1.165) is 5.56 Å². The summed E-state index contributed by atoms with van der Waals surface area (Å²) in [5, 5.41) is 3.43. The highest BCUT2D eigenvalue weighted by atomic mass is 32.2. The Balaban J connectivity index is 1.81. The highest BCUT2D eigenvalue weighted by Crippen LogP contribution is 2.23. The number of thioether (sulfide) groups is 1. The number of allylic oxidation sites excluding steroid dienone is 1. The van der Waals surface area contributed by atoms with Crippen molar-refractivity contribution in [1.29, 1.82) is 0 Å². The maximum absolute atomic E-state index is 13.1. The second kappa shape index (κ2) is 9.05. The van der Waals surface area contributed by atoms with Crippen molar-refractivity contribution in [3.05, 3.63) is 82.9 Å². The highest BCUT2D eigenvalue weighted by molar-refractivity contribution is 8.00. The largest absolute Gasteiger partial charge is 0.349 e. The molecule has 5 nitrogen and oxygen atoms in total. The second-order valence-electron chi connectivity index (χ2n) is 6.66. The molecule has 0 spiro atoms. The lowest BCUT2D eigenvalue weighted by Gasteiger charge is -2.19. The fraction of sp³-hybridized carbons (Fsp3) is 0.227. The maximum atomic E-state index is 13.1. The van der Waals surface area contributed by atoms with Crippen molar-refractivity contribution < 1.29 is 9.18 Å². The van der Waals surface area contributed by atoms with Crippen LogP contribution in [0, 0.1) is 5.82 Å². The van der Waals surface area contributed by atoms with Crippen molar-refractivity contribution >= 4 is 28.6 Å². The van der Waals surface area contributed by atoms with Crippen molar-refractivity contribution in [2.75, 3.05) is 0 Å². The normalized spacial score (nSPS) is 13.1. The first-order valence-electron chi connectivity index (χ1n) is 9.23. The molecule has 0 aliphatic heterocycles. The molecule has 3 aromatic rings. The Labute approximate surface area is 172 Å². The van der Waals surface area contributed by atoms with Gasteiger partial charge in [0, 0.05) is 6.54 Å². The van der Waals surface area contributed by atoms with Crippen molar-refractivity contribution in [1.82, 2.24) is 14.9 Å². The van der Waals surface area contributed by atoms with Crippen LogP contribution in [0.1, 0.15) is 25.5 Å². The van der Waals surface area contributed by atoms with Crippen LogP contribution in [0.5, 0.6) is 0 Å². The van der Waals surface area contributed by atoms with E-state index in [1.807, 2.05) is 13.0 Å². The first kappa shape index (κ1) is 20.8. The summed E-state index contributed by atoms with van der Waals surface area (Å²) in [6.45, 7) is 7.61. The molecule has 1 N–H and O–H groups in total. The van der Waals surface area contributed by atoms with Gasteiger partial charge in [0.2, 0.25) is 5.91 Å². The number of amides is 1. The summed E-state index contributed by atoms with van der Waals surface area (Å²) in [6.07, 6.45) is 1.63. The third-order valence-corrected chi connectivity index (χ3v) is 5.61. The Morgan fingerprint density at radius 2 is 1.93 bits per heavy atom.